The van der Waals surface area contributed by atoms with Gasteiger partial charge >= 0.3 is 5.69 Å². The lowest BCUT2D eigenvalue weighted by atomic mass is 10.2. The quantitative estimate of drug-likeness (QED) is 0.473. The Morgan fingerprint density at radius 1 is 1.23 bits per heavy atom. The summed E-state index contributed by atoms with van der Waals surface area (Å²) in [5.41, 5.74) is -0.665. The summed E-state index contributed by atoms with van der Waals surface area (Å²) in [6.07, 6.45) is -1.21. The molecule has 30 heavy (non-hydrogen) atoms. The van der Waals surface area contributed by atoms with Crippen LogP contribution in [0.2, 0.25) is 0 Å². The summed E-state index contributed by atoms with van der Waals surface area (Å²) in [4.78, 5) is 22.7. The van der Waals surface area contributed by atoms with Gasteiger partial charge in [-0.25, -0.2) is 12.8 Å². The van der Waals surface area contributed by atoms with Gasteiger partial charge in [0.2, 0.25) is 10.0 Å². The number of anilines is 1. The van der Waals surface area contributed by atoms with E-state index in [4.69, 9.17) is 4.74 Å². The van der Waals surface area contributed by atoms with Crippen LogP contribution >= 0.6 is 0 Å². The van der Waals surface area contributed by atoms with Crippen LogP contribution in [-0.2, 0) is 14.8 Å². The number of nitro benzene ring substituents is 1. The normalized spacial score (nSPS) is 12.4. The molecule has 0 saturated heterocycles. The second-order valence-corrected chi connectivity index (χ2v) is 8.14. The van der Waals surface area contributed by atoms with Crippen molar-refractivity contribution in [1.29, 1.82) is 0 Å². The van der Waals surface area contributed by atoms with Crippen LogP contribution in [-0.4, -0.2) is 42.7 Å². The lowest BCUT2D eigenvalue weighted by Gasteiger charge is -2.19. The zero-order chi connectivity index (χ0) is 22.5. The first-order valence-electron chi connectivity index (χ1n) is 9.12. The van der Waals surface area contributed by atoms with Gasteiger partial charge in [-0.3, -0.25) is 14.9 Å². The monoisotopic (exact) mass is 439 g/mol. The number of nitrogens with one attached hydrogen (secondary N) is 1. The molecule has 0 saturated carbocycles. The number of rotatable bonds is 9. The molecule has 0 radical (unpaired) electrons. The van der Waals surface area contributed by atoms with Crippen LogP contribution in [0.15, 0.2) is 47.4 Å². The molecule has 0 aliphatic carbocycles. The third-order valence-electron chi connectivity index (χ3n) is 4.27. The average molecular weight is 439 g/mol. The number of ether oxygens (including phenoxy) is 1. The summed E-state index contributed by atoms with van der Waals surface area (Å²) in [7, 11) is -3.91. The first-order valence-corrected chi connectivity index (χ1v) is 10.6. The first kappa shape index (κ1) is 23.2. The summed E-state index contributed by atoms with van der Waals surface area (Å²) < 4.78 is 45.4. The maximum atomic E-state index is 13.7. The molecule has 1 unspecified atom stereocenters. The molecule has 0 aliphatic rings. The van der Waals surface area contributed by atoms with Gasteiger partial charge in [-0.15, -0.1) is 0 Å². The number of hydrogen-bond donors (Lipinski definition) is 1. The fourth-order valence-electron chi connectivity index (χ4n) is 2.65. The molecule has 1 N–H and O–H groups in total. The minimum atomic E-state index is -3.91. The number of halogens is 1. The molecule has 0 aliphatic heterocycles. The Bertz CT molecular complexity index is 1040. The maximum absolute atomic E-state index is 13.7. The van der Waals surface area contributed by atoms with E-state index < -0.39 is 38.5 Å². The molecule has 162 valence electrons. The standard InChI is InChI=1S/C19H22FN3O6S/c1-4-22(5-2)30(27,28)14-10-11-18(17(12-14)23(25)26)29-13(3)19(24)21-16-9-7-6-8-15(16)20/h6-13H,4-5H2,1-3H3,(H,21,24). The number of benzene rings is 2. The number of para-hydroxylation sites is 1. The Hall–Kier alpha value is -3.05. The fourth-order valence-corrected chi connectivity index (χ4v) is 4.13. The predicted molar refractivity (Wildman–Crippen MR) is 108 cm³/mol. The van der Waals surface area contributed by atoms with Crippen LogP contribution in [0, 0.1) is 15.9 Å². The van der Waals surface area contributed by atoms with Crippen molar-refractivity contribution in [3.05, 3.63) is 58.4 Å². The van der Waals surface area contributed by atoms with E-state index in [-0.39, 0.29) is 29.4 Å². The Kier molecular flexibility index (Phi) is 7.46. The van der Waals surface area contributed by atoms with E-state index in [0.717, 1.165) is 16.4 Å². The molecule has 0 aromatic heterocycles. The number of hydrogen-bond acceptors (Lipinski definition) is 6. The van der Waals surface area contributed by atoms with Crippen LogP contribution in [0.5, 0.6) is 5.75 Å². The van der Waals surface area contributed by atoms with Crippen LogP contribution in [0.3, 0.4) is 0 Å². The molecule has 1 atom stereocenters. The molecule has 2 aromatic rings. The van der Waals surface area contributed by atoms with Gasteiger partial charge in [0.05, 0.1) is 15.5 Å². The molecule has 0 heterocycles. The molecular formula is C19H22FN3O6S. The number of amides is 1. The van der Waals surface area contributed by atoms with Gasteiger partial charge < -0.3 is 10.1 Å². The number of sulfonamides is 1. The zero-order valence-corrected chi connectivity index (χ0v) is 17.5. The van der Waals surface area contributed by atoms with Gasteiger partial charge in [0, 0.05) is 19.2 Å². The highest BCUT2D eigenvalue weighted by Gasteiger charge is 2.28. The summed E-state index contributed by atoms with van der Waals surface area (Å²) in [6, 6.07) is 8.71. The molecule has 0 fully saturated rings. The molecular weight excluding hydrogens is 417 g/mol. The topological polar surface area (TPSA) is 119 Å². The summed E-state index contributed by atoms with van der Waals surface area (Å²) >= 11 is 0. The van der Waals surface area contributed by atoms with Gasteiger partial charge in [0.15, 0.2) is 11.9 Å². The van der Waals surface area contributed by atoms with Crippen molar-refractivity contribution in [3.63, 3.8) is 0 Å². The molecule has 2 aromatic carbocycles. The van der Waals surface area contributed by atoms with Crippen molar-refractivity contribution >= 4 is 27.3 Å². The minimum Gasteiger partial charge on any atom is -0.474 e. The van der Waals surface area contributed by atoms with Crippen molar-refractivity contribution in [1.82, 2.24) is 4.31 Å². The van der Waals surface area contributed by atoms with Crippen molar-refractivity contribution in [2.75, 3.05) is 18.4 Å². The molecule has 1 amide bonds. The van der Waals surface area contributed by atoms with Gasteiger partial charge in [0.25, 0.3) is 5.91 Å². The van der Waals surface area contributed by atoms with Crippen LogP contribution in [0.25, 0.3) is 0 Å². The van der Waals surface area contributed by atoms with E-state index in [1.165, 1.54) is 37.3 Å². The lowest BCUT2D eigenvalue weighted by Crippen LogP contribution is -2.31. The second-order valence-electron chi connectivity index (χ2n) is 6.21. The molecule has 11 heteroatoms. The molecule has 2 rings (SSSR count). The van der Waals surface area contributed by atoms with E-state index in [1.54, 1.807) is 13.8 Å². The lowest BCUT2D eigenvalue weighted by molar-refractivity contribution is -0.386. The van der Waals surface area contributed by atoms with Crippen molar-refractivity contribution in [2.24, 2.45) is 0 Å². The van der Waals surface area contributed by atoms with E-state index in [1.807, 2.05) is 0 Å². The average Bonchev–Trinajstić information content (AvgIpc) is 2.70. The largest absolute Gasteiger partial charge is 0.474 e. The number of carbonyl (C=O) groups is 1. The Labute approximate surface area is 173 Å². The minimum absolute atomic E-state index is 0.0619. The first-order chi connectivity index (χ1) is 14.1. The Morgan fingerprint density at radius 3 is 2.43 bits per heavy atom. The van der Waals surface area contributed by atoms with E-state index in [9.17, 15) is 27.7 Å². The van der Waals surface area contributed by atoms with E-state index >= 15 is 0 Å². The van der Waals surface area contributed by atoms with Gasteiger partial charge in [-0.2, -0.15) is 4.31 Å². The SMILES string of the molecule is CCN(CC)S(=O)(=O)c1ccc(OC(C)C(=O)Nc2ccccc2F)c([N+](=O)[O-])c1. The van der Waals surface area contributed by atoms with Crippen LogP contribution in [0.1, 0.15) is 20.8 Å². The van der Waals surface area contributed by atoms with Crippen LogP contribution in [0.4, 0.5) is 15.8 Å². The summed E-state index contributed by atoms with van der Waals surface area (Å²) in [6.45, 7) is 5.06. The van der Waals surface area contributed by atoms with Gasteiger partial charge in [-0.05, 0) is 31.2 Å². The highest BCUT2D eigenvalue weighted by Crippen LogP contribution is 2.31. The van der Waals surface area contributed by atoms with Gasteiger partial charge in [0.1, 0.15) is 5.82 Å². The maximum Gasteiger partial charge on any atom is 0.312 e. The van der Waals surface area contributed by atoms with Crippen LogP contribution < -0.4 is 10.1 Å². The fraction of sp³-hybridized carbons (Fsp3) is 0.316. The molecule has 0 bridgehead atoms. The summed E-state index contributed by atoms with van der Waals surface area (Å²) in [5, 5.41) is 13.8. The predicted octanol–water partition coefficient (Wildman–Crippen LogP) is 3.17. The molecule has 0 spiro atoms. The van der Waals surface area contributed by atoms with Crippen molar-refractivity contribution in [2.45, 2.75) is 31.8 Å². The smallest absolute Gasteiger partial charge is 0.312 e. The Balaban J connectivity index is 2.28. The summed E-state index contributed by atoms with van der Waals surface area (Å²) in [5.74, 6) is -1.65. The van der Waals surface area contributed by atoms with E-state index in [2.05, 4.69) is 5.32 Å². The third kappa shape index (κ3) is 5.10. The number of nitrogens with zero attached hydrogens (tertiary/aromatic N) is 2. The third-order valence-corrected chi connectivity index (χ3v) is 6.32. The Morgan fingerprint density at radius 2 is 1.87 bits per heavy atom. The van der Waals surface area contributed by atoms with Crippen molar-refractivity contribution in [3.8, 4) is 5.75 Å². The second kappa shape index (κ2) is 9.63. The highest BCUT2D eigenvalue weighted by molar-refractivity contribution is 7.89. The van der Waals surface area contributed by atoms with Crippen molar-refractivity contribution < 1.29 is 27.3 Å². The number of carbonyl (C=O) groups excluding carboxylic acids is 1. The number of nitro groups is 1. The highest BCUT2D eigenvalue weighted by atomic mass is 32.2. The molecule has 9 nitrogen and oxygen atoms in total. The van der Waals surface area contributed by atoms with E-state index in [0.29, 0.717) is 0 Å². The van der Waals surface area contributed by atoms with Gasteiger partial charge in [-0.1, -0.05) is 26.0 Å². The zero-order valence-electron chi connectivity index (χ0n) is 16.7.